The van der Waals surface area contributed by atoms with Gasteiger partial charge in [0.25, 0.3) is 0 Å². The second kappa shape index (κ2) is 15.0. The molecule has 1 aliphatic rings. The first-order chi connectivity index (χ1) is 21.3. The van der Waals surface area contributed by atoms with E-state index in [1.165, 1.54) is 4.90 Å². The number of aliphatic hydroxyl groups is 1. The number of esters is 1. The van der Waals surface area contributed by atoms with Crippen LogP contribution in [0.15, 0.2) is 73.3 Å². The molecule has 254 valence electrons. The highest BCUT2D eigenvalue weighted by Gasteiger charge is 2.59. The van der Waals surface area contributed by atoms with E-state index in [0.29, 0.717) is 5.56 Å². The molecule has 1 heterocycles. The minimum atomic E-state index is -2.53. The number of rotatable bonds is 12. The molecule has 0 aromatic heterocycles. The van der Waals surface area contributed by atoms with Crippen molar-refractivity contribution in [1.29, 1.82) is 0 Å². The molecule has 1 N–H and O–H groups in total. The molecule has 1 aliphatic heterocycles. The van der Waals surface area contributed by atoms with Crippen molar-refractivity contribution in [2.24, 2.45) is 0 Å². The van der Waals surface area contributed by atoms with Crippen LogP contribution in [0.3, 0.4) is 0 Å². The summed E-state index contributed by atoms with van der Waals surface area (Å²) in [5, 5.41) is 11.4. The molecule has 0 spiro atoms. The number of nitrogens with zero attached hydrogens (tertiary/aromatic N) is 1. The number of amides is 1. The van der Waals surface area contributed by atoms with Crippen LogP contribution in [0.4, 0.5) is 4.79 Å². The zero-order valence-corrected chi connectivity index (χ0v) is 31.4. The molecule has 1 fully saturated rings. The molecular weight excluding hydrogens is 615 g/mol. The molecule has 1 amide bonds. The van der Waals surface area contributed by atoms with Gasteiger partial charge in [-0.3, -0.25) is 4.90 Å². The first-order valence-corrected chi connectivity index (χ1v) is 22.0. The van der Waals surface area contributed by atoms with E-state index < -0.39 is 59.1 Å². The first-order valence-electron chi connectivity index (χ1n) is 16.2. The number of hydrogen-bond donors (Lipinski definition) is 1. The minimum Gasteiger partial charge on any atom is -0.454 e. The third kappa shape index (κ3) is 8.98. The molecule has 2 aromatic rings. The molecule has 1 saturated heterocycles. The van der Waals surface area contributed by atoms with Gasteiger partial charge in [0.2, 0.25) is 0 Å². The third-order valence-electron chi connectivity index (χ3n) is 9.85. The molecule has 0 radical (unpaired) electrons. The maximum absolute atomic E-state index is 14.2. The van der Waals surface area contributed by atoms with Crippen molar-refractivity contribution in [2.75, 3.05) is 6.61 Å². The summed E-state index contributed by atoms with van der Waals surface area (Å²) in [6.07, 6.45) is -1.78. The monoisotopic (exact) mass is 669 g/mol. The summed E-state index contributed by atoms with van der Waals surface area (Å²) in [4.78, 5) is 29.4. The van der Waals surface area contributed by atoms with E-state index in [9.17, 15) is 14.7 Å². The van der Waals surface area contributed by atoms with E-state index in [2.05, 4.69) is 74.3 Å². The predicted molar refractivity (Wildman–Crippen MR) is 188 cm³/mol. The molecule has 0 bridgehead atoms. The Morgan fingerprint density at radius 1 is 0.891 bits per heavy atom. The van der Waals surface area contributed by atoms with Gasteiger partial charge in [-0.15, -0.1) is 6.58 Å². The zero-order chi connectivity index (χ0) is 34.5. The Morgan fingerprint density at radius 3 is 1.96 bits per heavy atom. The van der Waals surface area contributed by atoms with Crippen LogP contribution in [0.1, 0.15) is 63.9 Å². The van der Waals surface area contributed by atoms with Gasteiger partial charge >= 0.3 is 12.1 Å². The summed E-state index contributed by atoms with van der Waals surface area (Å²) >= 11 is 0. The fourth-order valence-corrected chi connectivity index (χ4v) is 7.31. The maximum Gasteiger partial charge on any atom is 0.411 e. The van der Waals surface area contributed by atoms with Crippen molar-refractivity contribution in [3.8, 4) is 0 Å². The Kier molecular flexibility index (Phi) is 12.3. The second-order valence-corrected chi connectivity index (χ2v) is 24.8. The summed E-state index contributed by atoms with van der Waals surface area (Å²) in [6, 6.07) is 16.5. The highest BCUT2D eigenvalue weighted by Crippen LogP contribution is 2.43. The van der Waals surface area contributed by atoms with Gasteiger partial charge in [-0.1, -0.05) is 96.1 Å². The Hall–Kier alpha value is -2.77. The molecule has 0 unspecified atom stereocenters. The smallest absolute Gasteiger partial charge is 0.411 e. The van der Waals surface area contributed by atoms with Crippen LogP contribution in [0.5, 0.6) is 0 Å². The van der Waals surface area contributed by atoms with Crippen molar-refractivity contribution < 1.29 is 33.0 Å². The van der Waals surface area contributed by atoms with Gasteiger partial charge in [0.05, 0.1) is 24.3 Å². The number of ether oxygens (including phenoxy) is 2. The Labute approximate surface area is 278 Å². The molecular formula is C36H55NO7Si2. The van der Waals surface area contributed by atoms with Gasteiger partial charge < -0.3 is 23.4 Å². The van der Waals surface area contributed by atoms with E-state index in [0.717, 1.165) is 5.56 Å². The quantitative estimate of drug-likeness (QED) is 0.139. The number of aliphatic hydroxyl groups excluding tert-OH is 1. The number of likely N-dealkylation sites (tertiary alicyclic amines) is 1. The summed E-state index contributed by atoms with van der Waals surface area (Å²) < 4.78 is 26.0. The van der Waals surface area contributed by atoms with Crippen LogP contribution < -0.4 is 0 Å². The summed E-state index contributed by atoms with van der Waals surface area (Å²) in [6.45, 7) is 25.4. The Morgan fingerprint density at radius 2 is 1.43 bits per heavy atom. The average molecular weight is 670 g/mol. The van der Waals surface area contributed by atoms with Crippen LogP contribution >= 0.6 is 0 Å². The standard InChI is InChI=1S/C36H55NO7Si2/c1-12-19-29(38)30-32(43-33(39)27-22-17-14-18-23-27)31(44-46(10,11)36(5,6)7)28(25-42-45(8,9)35(2,3)4)37(30)34(40)41-24-26-20-15-13-16-21-26/h12-18,20-23,28-32,38H,1,19,24-25H2,2-11H3/t28-,29+,30-,31-,32-/m1/s1. The number of hydrogen-bond acceptors (Lipinski definition) is 7. The Balaban J connectivity index is 2.17. The highest BCUT2D eigenvalue weighted by molar-refractivity contribution is 6.74. The van der Waals surface area contributed by atoms with Crippen molar-refractivity contribution in [3.63, 3.8) is 0 Å². The van der Waals surface area contributed by atoms with Crippen molar-refractivity contribution in [3.05, 3.63) is 84.4 Å². The van der Waals surface area contributed by atoms with Gasteiger partial charge in [0.15, 0.2) is 22.7 Å². The number of benzene rings is 2. The van der Waals surface area contributed by atoms with E-state index in [1.54, 1.807) is 30.3 Å². The SMILES string of the molecule is C=CC[C@H](O)[C@@H]1[C@@H](OC(=O)c2ccccc2)[C@H](O[Si](C)(C)C(C)(C)C)[C@@H](CO[Si](C)(C)C(C)(C)C)N1C(=O)OCc1ccccc1. The molecule has 0 aliphatic carbocycles. The minimum absolute atomic E-state index is 0.0402. The van der Waals surface area contributed by atoms with Crippen LogP contribution in [0.2, 0.25) is 36.3 Å². The van der Waals surface area contributed by atoms with Crippen molar-refractivity contribution in [2.45, 2.75) is 121 Å². The molecule has 3 rings (SSSR count). The van der Waals surface area contributed by atoms with Crippen LogP contribution in [-0.4, -0.2) is 75.7 Å². The van der Waals surface area contributed by atoms with Gasteiger partial charge in [0.1, 0.15) is 18.8 Å². The summed E-state index contributed by atoms with van der Waals surface area (Å²) in [5.74, 6) is -0.561. The van der Waals surface area contributed by atoms with Crippen LogP contribution in [-0.2, 0) is 24.9 Å². The lowest BCUT2D eigenvalue weighted by molar-refractivity contribution is -0.0324. The van der Waals surface area contributed by atoms with Gasteiger partial charge in [-0.25, -0.2) is 9.59 Å². The van der Waals surface area contributed by atoms with E-state index in [-0.39, 0.29) is 29.7 Å². The van der Waals surface area contributed by atoms with Gasteiger partial charge in [-0.05, 0) is 60.4 Å². The van der Waals surface area contributed by atoms with Gasteiger partial charge in [-0.2, -0.15) is 0 Å². The Bertz CT molecular complexity index is 1310. The molecule has 2 aromatic carbocycles. The van der Waals surface area contributed by atoms with Crippen LogP contribution in [0.25, 0.3) is 0 Å². The molecule has 46 heavy (non-hydrogen) atoms. The first kappa shape index (κ1) is 37.7. The summed E-state index contributed by atoms with van der Waals surface area (Å²) in [5.41, 5.74) is 1.19. The average Bonchev–Trinajstić information content (AvgIpc) is 3.26. The molecule has 8 nitrogen and oxygen atoms in total. The third-order valence-corrected chi connectivity index (χ3v) is 18.8. The molecule has 0 saturated carbocycles. The van der Waals surface area contributed by atoms with Crippen LogP contribution in [0, 0.1) is 0 Å². The highest BCUT2D eigenvalue weighted by atomic mass is 28.4. The zero-order valence-electron chi connectivity index (χ0n) is 29.4. The lowest BCUT2D eigenvalue weighted by Gasteiger charge is -2.42. The number of carbonyl (C=O) groups excluding carboxylic acids is 2. The largest absolute Gasteiger partial charge is 0.454 e. The molecule has 10 heteroatoms. The fourth-order valence-electron chi connectivity index (χ4n) is 4.97. The fraction of sp³-hybridized carbons (Fsp3) is 0.556. The maximum atomic E-state index is 14.2. The normalized spacial score (nSPS) is 21.5. The van der Waals surface area contributed by atoms with E-state index in [1.807, 2.05) is 36.4 Å². The van der Waals surface area contributed by atoms with E-state index in [4.69, 9.17) is 18.3 Å². The van der Waals surface area contributed by atoms with Crippen molar-refractivity contribution in [1.82, 2.24) is 4.90 Å². The lowest BCUT2D eigenvalue weighted by Crippen LogP contribution is -2.54. The van der Waals surface area contributed by atoms with Crippen molar-refractivity contribution >= 4 is 28.7 Å². The topological polar surface area (TPSA) is 94.5 Å². The molecule has 5 atom stereocenters. The number of carbonyl (C=O) groups is 2. The predicted octanol–water partition coefficient (Wildman–Crippen LogP) is 7.95. The van der Waals surface area contributed by atoms with Gasteiger partial charge in [0, 0.05) is 0 Å². The van der Waals surface area contributed by atoms with E-state index >= 15 is 0 Å². The summed E-state index contributed by atoms with van der Waals surface area (Å²) in [7, 11) is -4.84. The second-order valence-electron chi connectivity index (χ2n) is 15.2. The lowest BCUT2D eigenvalue weighted by atomic mass is 10.0.